The Labute approximate surface area is 120 Å². The molecule has 112 valence electrons. The molecule has 0 heterocycles. The highest BCUT2D eigenvalue weighted by atomic mass is 32.2. The number of ether oxygens (including phenoxy) is 1. The number of nitrogens with two attached hydrogens (primary N) is 1. The minimum absolute atomic E-state index is 0.157. The summed E-state index contributed by atoms with van der Waals surface area (Å²) in [6.07, 6.45) is 3.48. The molecule has 0 amide bonds. The third kappa shape index (κ3) is 8.08. The van der Waals surface area contributed by atoms with Gasteiger partial charge in [0.15, 0.2) is 11.0 Å². The summed E-state index contributed by atoms with van der Waals surface area (Å²) in [5.74, 6) is -0.611. The minimum atomic E-state index is -0.683. The molecule has 3 N–H and O–H groups in total. The molecule has 1 atom stereocenters. The normalized spacial score (nSPS) is 14.2. The van der Waals surface area contributed by atoms with Crippen molar-refractivity contribution in [3.05, 3.63) is 22.1 Å². The zero-order chi connectivity index (χ0) is 15.5. The van der Waals surface area contributed by atoms with Crippen LogP contribution >= 0.6 is 11.8 Å². The fourth-order valence-electron chi connectivity index (χ4n) is 0.915. The lowest BCUT2D eigenvalue weighted by Crippen LogP contribution is -2.26. The molecule has 0 aliphatic rings. The van der Waals surface area contributed by atoms with Gasteiger partial charge in [-0.05, 0) is 20.1 Å². The van der Waals surface area contributed by atoms with E-state index in [0.717, 1.165) is 0 Å². The third-order valence-electron chi connectivity index (χ3n) is 1.78. The van der Waals surface area contributed by atoms with Crippen LogP contribution in [0.2, 0.25) is 0 Å². The van der Waals surface area contributed by atoms with Gasteiger partial charge in [-0.15, -0.1) is 0 Å². The first-order valence-corrected chi connectivity index (χ1v) is 6.81. The largest absolute Gasteiger partial charge is 0.464 e. The molecule has 0 aromatic rings. The van der Waals surface area contributed by atoms with Gasteiger partial charge in [-0.25, -0.2) is 9.79 Å². The van der Waals surface area contributed by atoms with E-state index in [1.165, 1.54) is 18.1 Å². The molecule has 0 saturated heterocycles. The van der Waals surface area contributed by atoms with E-state index in [4.69, 9.17) is 10.5 Å². The predicted octanol–water partition coefficient (Wildman–Crippen LogP) is 0.309. The summed E-state index contributed by atoms with van der Waals surface area (Å²) in [7, 11) is 0. The molecule has 0 radical (unpaired) electrons. The number of rotatable bonds is 6. The van der Waals surface area contributed by atoms with Crippen molar-refractivity contribution in [3.63, 3.8) is 0 Å². The molecule has 0 fully saturated rings. The van der Waals surface area contributed by atoms with Crippen LogP contribution in [0.1, 0.15) is 13.8 Å². The number of thioether (sulfide) groups is 1. The Kier molecular flexibility index (Phi) is 8.75. The zero-order valence-corrected chi connectivity index (χ0v) is 12.2. The average molecular weight is 303 g/mol. The first-order valence-electron chi connectivity index (χ1n) is 5.58. The van der Waals surface area contributed by atoms with E-state index in [0.29, 0.717) is 11.4 Å². The van der Waals surface area contributed by atoms with Crippen molar-refractivity contribution >= 4 is 29.2 Å². The van der Waals surface area contributed by atoms with Gasteiger partial charge in [0, 0.05) is 0 Å². The molecule has 1 unspecified atom stereocenters. The molecular formula is C10H17N5O4S. The van der Waals surface area contributed by atoms with E-state index in [1.54, 1.807) is 20.1 Å². The quantitative estimate of drug-likeness (QED) is 0.237. The second-order valence-corrected chi connectivity index (χ2v) is 4.12. The Bertz CT molecular complexity index is 435. The topological polar surface area (TPSA) is 132 Å². The number of aliphatic imine (C=N–C) groups is 2. The predicted molar refractivity (Wildman–Crippen MR) is 77.9 cm³/mol. The summed E-state index contributed by atoms with van der Waals surface area (Å²) in [6.45, 7) is 3.55. The summed E-state index contributed by atoms with van der Waals surface area (Å²) in [6, 6.07) is -0.673. The maximum absolute atomic E-state index is 11.3. The highest BCUT2D eigenvalue weighted by molar-refractivity contribution is 8.13. The van der Waals surface area contributed by atoms with Crippen LogP contribution in [0.3, 0.4) is 0 Å². The van der Waals surface area contributed by atoms with E-state index < -0.39 is 16.9 Å². The molecular weight excluding hydrogens is 286 g/mol. The molecule has 0 saturated carbocycles. The highest BCUT2D eigenvalue weighted by Crippen LogP contribution is 1.97. The van der Waals surface area contributed by atoms with Crippen LogP contribution < -0.4 is 11.1 Å². The second kappa shape index (κ2) is 9.78. The summed E-state index contributed by atoms with van der Waals surface area (Å²) in [5, 5.41) is 13.0. The average Bonchev–Trinajstić information content (AvgIpc) is 2.36. The summed E-state index contributed by atoms with van der Waals surface area (Å²) in [4.78, 5) is 28.6. The zero-order valence-electron chi connectivity index (χ0n) is 11.4. The van der Waals surface area contributed by atoms with Gasteiger partial charge in [0.1, 0.15) is 12.4 Å². The maximum atomic E-state index is 11.3. The van der Waals surface area contributed by atoms with Crippen LogP contribution in [0.15, 0.2) is 22.0 Å². The molecule has 20 heavy (non-hydrogen) atoms. The fraction of sp³-hybridized carbons (Fsp3) is 0.500. The van der Waals surface area contributed by atoms with E-state index in [9.17, 15) is 14.9 Å². The highest BCUT2D eigenvalue weighted by Gasteiger charge is 2.10. The van der Waals surface area contributed by atoms with Gasteiger partial charge in [-0.1, -0.05) is 11.8 Å². The molecule has 0 bridgehead atoms. The standard InChI is InChI=1S/C10H17N5O4S/c1-4-19-9(16)7(2)12-6-13-10(20-3)14-8(11)5-15(17)18/h5-7H,4,11H2,1-3H3,(H,12,13,14)/b8-5-. The van der Waals surface area contributed by atoms with Gasteiger partial charge < -0.3 is 15.8 Å². The molecule has 0 aromatic heterocycles. The van der Waals surface area contributed by atoms with Crippen LogP contribution in [0.5, 0.6) is 0 Å². The van der Waals surface area contributed by atoms with Gasteiger partial charge in [0.2, 0.25) is 0 Å². The number of nitrogens with zero attached hydrogens (tertiary/aromatic N) is 3. The molecule has 9 nitrogen and oxygen atoms in total. The molecule has 0 rings (SSSR count). The summed E-state index contributed by atoms with van der Waals surface area (Å²) < 4.78 is 4.77. The lowest BCUT2D eigenvalue weighted by molar-refractivity contribution is -0.403. The van der Waals surface area contributed by atoms with Crippen molar-refractivity contribution in [2.75, 3.05) is 12.9 Å². The fourth-order valence-corrected chi connectivity index (χ4v) is 1.29. The Morgan fingerprint density at radius 3 is 2.80 bits per heavy atom. The van der Waals surface area contributed by atoms with Gasteiger partial charge in [-0.2, -0.15) is 0 Å². The Morgan fingerprint density at radius 2 is 2.30 bits per heavy atom. The van der Waals surface area contributed by atoms with Crippen LogP contribution in [0.25, 0.3) is 0 Å². The first kappa shape index (κ1) is 17.9. The molecule has 0 spiro atoms. The Hall–Kier alpha value is -2.10. The van der Waals surface area contributed by atoms with E-state index in [-0.39, 0.29) is 12.4 Å². The SMILES string of the molecule is CCOC(=O)C(C)N=CN=C(N/C(N)=C\[N+](=O)[O-])SC. The van der Waals surface area contributed by atoms with Gasteiger partial charge in [0.05, 0.1) is 11.5 Å². The van der Waals surface area contributed by atoms with Crippen molar-refractivity contribution in [2.24, 2.45) is 15.7 Å². The van der Waals surface area contributed by atoms with Crippen molar-refractivity contribution in [2.45, 2.75) is 19.9 Å². The molecule has 0 aromatic carbocycles. The smallest absolute Gasteiger partial charge is 0.330 e. The summed E-state index contributed by atoms with van der Waals surface area (Å²) >= 11 is 1.18. The third-order valence-corrected chi connectivity index (χ3v) is 2.38. The maximum Gasteiger partial charge on any atom is 0.330 e. The van der Waals surface area contributed by atoms with Gasteiger partial charge >= 0.3 is 5.97 Å². The molecule has 10 heteroatoms. The number of amidine groups is 1. The van der Waals surface area contributed by atoms with E-state index in [2.05, 4.69) is 15.3 Å². The second-order valence-electron chi connectivity index (χ2n) is 3.33. The van der Waals surface area contributed by atoms with Gasteiger partial charge in [0.25, 0.3) is 6.20 Å². The van der Waals surface area contributed by atoms with Crippen LogP contribution in [-0.4, -0.2) is 41.3 Å². The van der Waals surface area contributed by atoms with Gasteiger partial charge in [-0.3, -0.25) is 15.1 Å². The van der Waals surface area contributed by atoms with Crippen LogP contribution in [0, 0.1) is 10.1 Å². The number of esters is 1. The lowest BCUT2D eigenvalue weighted by Gasteiger charge is -2.05. The number of hydrogen-bond acceptors (Lipinski definition) is 7. The van der Waals surface area contributed by atoms with Crippen molar-refractivity contribution < 1.29 is 14.5 Å². The number of hydrogen-bond donors (Lipinski definition) is 2. The monoisotopic (exact) mass is 303 g/mol. The van der Waals surface area contributed by atoms with Crippen molar-refractivity contribution in [1.82, 2.24) is 5.32 Å². The van der Waals surface area contributed by atoms with E-state index in [1.807, 2.05) is 0 Å². The Balaban J connectivity index is 4.59. The Morgan fingerprint density at radius 1 is 1.65 bits per heavy atom. The number of nitro groups is 1. The lowest BCUT2D eigenvalue weighted by atomic mass is 10.4. The van der Waals surface area contributed by atoms with Crippen LogP contribution in [0.4, 0.5) is 0 Å². The molecule has 0 aliphatic carbocycles. The number of carbonyl (C=O) groups is 1. The summed E-state index contributed by atoms with van der Waals surface area (Å²) in [5.41, 5.74) is 5.37. The molecule has 0 aliphatic heterocycles. The van der Waals surface area contributed by atoms with E-state index >= 15 is 0 Å². The first-order chi connectivity index (χ1) is 9.40. The van der Waals surface area contributed by atoms with Crippen molar-refractivity contribution in [3.8, 4) is 0 Å². The number of carbonyl (C=O) groups excluding carboxylic acids is 1. The van der Waals surface area contributed by atoms with Crippen molar-refractivity contribution in [1.29, 1.82) is 0 Å². The minimum Gasteiger partial charge on any atom is -0.464 e. The number of nitrogens with one attached hydrogen (secondary N) is 1. The van der Waals surface area contributed by atoms with Crippen LogP contribution in [-0.2, 0) is 9.53 Å².